The molecule has 6 nitrogen and oxygen atoms in total. The van der Waals surface area contributed by atoms with E-state index in [0.29, 0.717) is 10.0 Å². The third kappa shape index (κ3) is 2.09. The van der Waals surface area contributed by atoms with Crippen molar-refractivity contribution in [1.29, 1.82) is 0 Å². The molecular weight excluding hydrogens is 326 g/mol. The highest BCUT2D eigenvalue weighted by Gasteiger charge is 2.42. The van der Waals surface area contributed by atoms with Gasteiger partial charge in [-0.15, -0.1) is 0 Å². The van der Waals surface area contributed by atoms with E-state index in [0.717, 1.165) is 31.5 Å². The van der Waals surface area contributed by atoms with Gasteiger partial charge in [-0.25, -0.2) is 4.98 Å². The normalized spacial score (nSPS) is 28.8. The second-order valence-electron chi connectivity index (χ2n) is 5.58. The molecule has 2 aliphatic rings. The van der Waals surface area contributed by atoms with Gasteiger partial charge in [-0.05, 0) is 48.5 Å². The largest absolute Gasteiger partial charge is 0.393 e. The predicted octanol–water partition coefficient (Wildman–Crippen LogP) is 2.55. The van der Waals surface area contributed by atoms with Gasteiger partial charge in [0.15, 0.2) is 0 Å². The third-order valence-electron chi connectivity index (χ3n) is 4.37. The molecule has 0 aromatic carbocycles. The highest BCUT2D eigenvalue weighted by atomic mass is 79.9. The minimum atomic E-state index is -0.411. The number of halogens is 1. The Morgan fingerprint density at radius 2 is 2.05 bits per heavy atom. The molecule has 0 radical (unpaired) electrons. The Morgan fingerprint density at radius 3 is 2.60 bits per heavy atom. The number of rotatable bonds is 2. The van der Waals surface area contributed by atoms with Crippen LogP contribution in [0.1, 0.15) is 31.2 Å². The first-order chi connectivity index (χ1) is 9.49. The van der Waals surface area contributed by atoms with Gasteiger partial charge in [-0.2, -0.15) is 0 Å². The summed E-state index contributed by atoms with van der Waals surface area (Å²) in [7, 11) is 0. The number of aliphatic hydroxyl groups excluding tert-OH is 1. The molecule has 2 bridgehead atoms. The van der Waals surface area contributed by atoms with E-state index in [1.165, 1.54) is 6.20 Å². The quantitative estimate of drug-likeness (QED) is 0.660. The number of nitro groups is 1. The Bertz CT molecular complexity index is 552. The van der Waals surface area contributed by atoms with E-state index in [-0.39, 0.29) is 23.9 Å². The van der Waals surface area contributed by atoms with E-state index in [1.807, 2.05) is 0 Å². The number of piperidine rings is 1. The fraction of sp³-hybridized carbons (Fsp3) is 0.615. The lowest BCUT2D eigenvalue weighted by molar-refractivity contribution is -0.385. The molecule has 0 saturated carbocycles. The summed E-state index contributed by atoms with van der Waals surface area (Å²) in [5, 5.41) is 20.8. The predicted molar refractivity (Wildman–Crippen MR) is 77.9 cm³/mol. The average Bonchev–Trinajstić information content (AvgIpc) is 2.65. The van der Waals surface area contributed by atoms with E-state index in [2.05, 4.69) is 25.8 Å². The molecule has 1 aromatic rings. The molecule has 2 saturated heterocycles. The third-order valence-corrected chi connectivity index (χ3v) is 5.32. The number of pyridine rings is 1. The van der Waals surface area contributed by atoms with Crippen LogP contribution in [-0.4, -0.2) is 33.2 Å². The average molecular weight is 342 g/mol. The molecule has 0 aliphatic carbocycles. The molecule has 1 N–H and O–H groups in total. The van der Waals surface area contributed by atoms with Crippen molar-refractivity contribution in [3.8, 4) is 0 Å². The van der Waals surface area contributed by atoms with E-state index in [1.54, 1.807) is 6.92 Å². The number of aliphatic hydroxyl groups is 1. The maximum atomic E-state index is 10.9. The lowest BCUT2D eigenvalue weighted by Crippen LogP contribution is -2.45. The highest BCUT2D eigenvalue weighted by Crippen LogP contribution is 2.42. The second kappa shape index (κ2) is 4.96. The van der Waals surface area contributed by atoms with Crippen molar-refractivity contribution in [1.82, 2.24) is 4.98 Å². The summed E-state index contributed by atoms with van der Waals surface area (Å²) in [5.41, 5.74) is 0.635. The van der Waals surface area contributed by atoms with Crippen LogP contribution >= 0.6 is 15.9 Å². The van der Waals surface area contributed by atoms with Crippen molar-refractivity contribution in [2.24, 2.45) is 0 Å². The Morgan fingerprint density at radius 1 is 1.45 bits per heavy atom. The first kappa shape index (κ1) is 13.8. The summed E-state index contributed by atoms with van der Waals surface area (Å²) >= 11 is 3.46. The van der Waals surface area contributed by atoms with Gasteiger partial charge in [0.1, 0.15) is 12.0 Å². The summed E-state index contributed by atoms with van der Waals surface area (Å²) in [6, 6.07) is 0.571. The first-order valence-electron chi connectivity index (χ1n) is 6.75. The van der Waals surface area contributed by atoms with Crippen LogP contribution in [0.15, 0.2) is 10.7 Å². The molecule has 20 heavy (non-hydrogen) atoms. The van der Waals surface area contributed by atoms with Crippen LogP contribution in [0.2, 0.25) is 0 Å². The first-order valence-corrected chi connectivity index (χ1v) is 7.54. The molecule has 2 atom stereocenters. The summed E-state index contributed by atoms with van der Waals surface area (Å²) in [5.74, 6) is 0.771. The molecule has 2 fully saturated rings. The van der Waals surface area contributed by atoms with Crippen molar-refractivity contribution in [2.45, 2.75) is 50.8 Å². The smallest absolute Gasteiger partial charge is 0.291 e. The summed E-state index contributed by atoms with van der Waals surface area (Å²) in [6.07, 6.45) is 4.69. The number of hydrogen-bond donors (Lipinski definition) is 1. The highest BCUT2D eigenvalue weighted by molar-refractivity contribution is 9.10. The lowest BCUT2D eigenvalue weighted by Gasteiger charge is -2.38. The Hall–Kier alpha value is -1.21. The zero-order chi connectivity index (χ0) is 14.4. The molecule has 0 spiro atoms. The molecule has 3 rings (SSSR count). The topological polar surface area (TPSA) is 79.5 Å². The van der Waals surface area contributed by atoms with Crippen LogP contribution in [0.4, 0.5) is 11.5 Å². The zero-order valence-corrected chi connectivity index (χ0v) is 12.7. The number of aromatic nitrogens is 1. The SMILES string of the molecule is Cc1c([N+](=O)[O-])cnc(N2C3CCC2CC(O)C3)c1Br. The Labute approximate surface area is 125 Å². The van der Waals surface area contributed by atoms with Gasteiger partial charge in [0.05, 0.1) is 15.5 Å². The number of nitrogens with zero attached hydrogens (tertiary/aromatic N) is 3. The Kier molecular flexibility index (Phi) is 3.41. The van der Waals surface area contributed by atoms with E-state index in [9.17, 15) is 15.2 Å². The second-order valence-corrected chi connectivity index (χ2v) is 6.37. The summed E-state index contributed by atoms with van der Waals surface area (Å²) in [4.78, 5) is 17.1. The van der Waals surface area contributed by atoms with Crippen LogP contribution in [-0.2, 0) is 0 Å². The van der Waals surface area contributed by atoms with Crippen LogP contribution in [0.3, 0.4) is 0 Å². The van der Waals surface area contributed by atoms with Crippen molar-refractivity contribution in [2.75, 3.05) is 4.90 Å². The summed E-state index contributed by atoms with van der Waals surface area (Å²) in [6.45, 7) is 1.73. The minimum absolute atomic E-state index is 0.0324. The van der Waals surface area contributed by atoms with Crippen molar-refractivity contribution in [3.63, 3.8) is 0 Å². The van der Waals surface area contributed by atoms with Gasteiger partial charge in [0.2, 0.25) is 0 Å². The van der Waals surface area contributed by atoms with E-state index >= 15 is 0 Å². The maximum absolute atomic E-state index is 10.9. The van der Waals surface area contributed by atoms with E-state index < -0.39 is 4.92 Å². The molecule has 0 amide bonds. The molecule has 2 unspecified atom stereocenters. The minimum Gasteiger partial charge on any atom is -0.393 e. The fourth-order valence-electron chi connectivity index (χ4n) is 3.41. The van der Waals surface area contributed by atoms with Crippen molar-refractivity contribution in [3.05, 3.63) is 26.3 Å². The standard InChI is InChI=1S/C13H16BrN3O3/c1-7-11(17(19)20)6-15-13(12(7)14)16-8-2-3-9(16)5-10(18)4-8/h6,8-10,18H,2-5H2,1H3. The van der Waals surface area contributed by atoms with Gasteiger partial charge in [0, 0.05) is 17.6 Å². The van der Waals surface area contributed by atoms with Gasteiger partial charge < -0.3 is 10.0 Å². The van der Waals surface area contributed by atoms with Gasteiger partial charge >= 0.3 is 0 Å². The summed E-state index contributed by atoms with van der Waals surface area (Å²) < 4.78 is 0.694. The fourth-order valence-corrected chi connectivity index (χ4v) is 3.92. The van der Waals surface area contributed by atoms with Gasteiger partial charge in [-0.1, -0.05) is 0 Å². The lowest BCUT2D eigenvalue weighted by atomic mass is 10.00. The molecule has 2 aliphatic heterocycles. The molecule has 1 aromatic heterocycles. The molecule has 108 valence electrons. The van der Waals surface area contributed by atoms with Crippen molar-refractivity contribution < 1.29 is 10.0 Å². The van der Waals surface area contributed by atoms with Gasteiger partial charge in [-0.3, -0.25) is 10.1 Å². The van der Waals surface area contributed by atoms with Crippen LogP contribution in [0.25, 0.3) is 0 Å². The van der Waals surface area contributed by atoms with E-state index in [4.69, 9.17) is 0 Å². The maximum Gasteiger partial charge on any atom is 0.291 e. The Balaban J connectivity index is 2.00. The van der Waals surface area contributed by atoms with Crippen LogP contribution in [0, 0.1) is 17.0 Å². The molecule has 3 heterocycles. The van der Waals surface area contributed by atoms with Crippen LogP contribution < -0.4 is 4.90 Å². The number of hydrogen-bond acceptors (Lipinski definition) is 5. The van der Waals surface area contributed by atoms with Crippen molar-refractivity contribution >= 4 is 27.4 Å². The monoisotopic (exact) mass is 341 g/mol. The number of fused-ring (bicyclic) bond motifs is 2. The zero-order valence-electron chi connectivity index (χ0n) is 11.1. The molecular formula is C13H16BrN3O3. The number of anilines is 1. The molecule has 7 heteroatoms. The van der Waals surface area contributed by atoms with Crippen LogP contribution in [0.5, 0.6) is 0 Å². The van der Waals surface area contributed by atoms with Gasteiger partial charge in [0.25, 0.3) is 5.69 Å².